The molecule has 2 N–H and O–H groups in total. The second kappa shape index (κ2) is 7.87. The van der Waals surface area contributed by atoms with Gasteiger partial charge in [-0.25, -0.2) is 26.3 Å². The first kappa shape index (κ1) is 19.3. The molecule has 11 heteroatoms. The van der Waals surface area contributed by atoms with E-state index in [0.29, 0.717) is 11.5 Å². The predicted octanol–water partition coefficient (Wildman–Crippen LogP) is 0.495. The number of hydrogen-bond donors (Lipinski definition) is 2. The second-order valence-corrected chi connectivity index (χ2v) is 8.46. The Bertz CT molecular complexity index is 835. The van der Waals surface area contributed by atoms with Crippen molar-refractivity contribution in [2.45, 2.75) is 9.79 Å². The van der Waals surface area contributed by atoms with Gasteiger partial charge in [0.2, 0.25) is 20.0 Å². The van der Waals surface area contributed by atoms with Crippen LogP contribution < -0.4 is 18.8 Å². The van der Waals surface area contributed by atoms with E-state index in [0.717, 1.165) is 7.69 Å². The summed E-state index contributed by atoms with van der Waals surface area (Å²) in [6.07, 6.45) is 0. The monoisotopic (exact) mass is 383 g/mol. The van der Waals surface area contributed by atoms with Crippen molar-refractivity contribution >= 4 is 27.7 Å². The average molecular weight is 383 g/mol. The zero-order chi connectivity index (χ0) is 18.5. The van der Waals surface area contributed by atoms with E-state index in [4.69, 9.17) is 9.31 Å². The molecule has 8 nitrogen and oxygen atoms in total. The lowest BCUT2D eigenvalue weighted by atomic mass is 10.3. The van der Waals surface area contributed by atoms with Crippen molar-refractivity contribution in [3.05, 3.63) is 48.5 Å². The summed E-state index contributed by atoms with van der Waals surface area (Å²) in [6, 6.07) is 11.5. The molecule has 2 aromatic rings. The topological polar surface area (TPSA) is 111 Å². The molecule has 0 amide bonds. The Morgan fingerprint density at radius 3 is 1.28 bits per heavy atom. The van der Waals surface area contributed by atoms with Crippen molar-refractivity contribution in [3.8, 4) is 11.5 Å². The van der Waals surface area contributed by atoms with Gasteiger partial charge in [0.25, 0.3) is 0 Å². The van der Waals surface area contributed by atoms with Gasteiger partial charge in [0.15, 0.2) is 0 Å². The smallest absolute Gasteiger partial charge is 0.526 e. The number of benzene rings is 2. The Labute approximate surface area is 147 Å². The Kier molecular flexibility index (Phi) is 6.06. The van der Waals surface area contributed by atoms with Gasteiger partial charge >= 0.3 is 7.69 Å². The van der Waals surface area contributed by atoms with E-state index in [9.17, 15) is 16.8 Å². The van der Waals surface area contributed by atoms with Crippen LogP contribution in [0.4, 0.5) is 0 Å². The first-order chi connectivity index (χ1) is 11.8. The summed E-state index contributed by atoms with van der Waals surface area (Å²) in [5.74, 6) is 0.758. The molecule has 0 aliphatic rings. The standard InChI is InChI=1S/C14H16BN2O6S2/c1-16-24(18,19)13-7-3-11(4-8-13)22-15-23-12-5-9-14(10-6-12)25(20,21)17-2/h3-10,16-17H,1-2H3. The number of rotatable bonds is 8. The van der Waals surface area contributed by atoms with Gasteiger partial charge in [0.05, 0.1) is 9.79 Å². The molecule has 0 unspecified atom stereocenters. The Hall–Kier alpha value is -2.08. The molecule has 0 aliphatic heterocycles. The quantitative estimate of drug-likeness (QED) is 0.642. The minimum Gasteiger partial charge on any atom is -0.526 e. The molecule has 0 saturated heterocycles. The largest absolute Gasteiger partial charge is 0.658 e. The Morgan fingerprint density at radius 2 is 1.00 bits per heavy atom. The third kappa shape index (κ3) is 4.95. The van der Waals surface area contributed by atoms with Crippen molar-refractivity contribution in [1.82, 2.24) is 9.44 Å². The maximum absolute atomic E-state index is 11.6. The van der Waals surface area contributed by atoms with E-state index in [1.165, 1.54) is 62.6 Å². The maximum Gasteiger partial charge on any atom is 0.658 e. The summed E-state index contributed by atoms with van der Waals surface area (Å²) in [6.45, 7) is 0. The highest BCUT2D eigenvalue weighted by Crippen LogP contribution is 2.17. The van der Waals surface area contributed by atoms with Crippen LogP contribution in [0.25, 0.3) is 0 Å². The van der Waals surface area contributed by atoms with Gasteiger partial charge < -0.3 is 9.31 Å². The van der Waals surface area contributed by atoms with E-state index in [-0.39, 0.29) is 9.79 Å². The zero-order valence-electron chi connectivity index (χ0n) is 13.5. The van der Waals surface area contributed by atoms with Crippen LogP contribution >= 0.6 is 0 Å². The van der Waals surface area contributed by atoms with Crippen molar-refractivity contribution in [1.29, 1.82) is 0 Å². The van der Waals surface area contributed by atoms with Crippen molar-refractivity contribution in [2.24, 2.45) is 0 Å². The molecule has 0 spiro atoms. The van der Waals surface area contributed by atoms with Crippen molar-refractivity contribution in [3.63, 3.8) is 0 Å². The maximum atomic E-state index is 11.6. The van der Waals surface area contributed by atoms with Gasteiger partial charge in [-0.3, -0.25) is 0 Å². The Balaban J connectivity index is 1.93. The van der Waals surface area contributed by atoms with Crippen LogP contribution in [0.5, 0.6) is 11.5 Å². The summed E-state index contributed by atoms with van der Waals surface area (Å²) in [5.41, 5.74) is 0. The summed E-state index contributed by atoms with van der Waals surface area (Å²) in [4.78, 5) is 0.231. The van der Waals surface area contributed by atoms with Gasteiger partial charge in [-0.15, -0.1) is 0 Å². The summed E-state index contributed by atoms with van der Waals surface area (Å²) < 4.78 is 61.3. The average Bonchev–Trinajstić information content (AvgIpc) is 2.62. The lowest BCUT2D eigenvalue weighted by molar-refractivity contribution is 0.458. The minimum absolute atomic E-state index is 0.115. The van der Waals surface area contributed by atoms with Gasteiger partial charge in [0, 0.05) is 0 Å². The summed E-state index contributed by atoms with van der Waals surface area (Å²) in [5, 5.41) is 0. The normalized spacial score (nSPS) is 11.8. The van der Waals surface area contributed by atoms with Gasteiger partial charge in [-0.2, -0.15) is 0 Å². The van der Waals surface area contributed by atoms with E-state index in [2.05, 4.69) is 9.44 Å². The number of sulfonamides is 2. The zero-order valence-corrected chi connectivity index (χ0v) is 15.1. The third-order valence-corrected chi connectivity index (χ3v) is 6.03. The minimum atomic E-state index is -3.50. The lowest BCUT2D eigenvalue weighted by Gasteiger charge is -2.08. The van der Waals surface area contributed by atoms with Crippen LogP contribution in [0, 0.1) is 0 Å². The fourth-order valence-electron chi connectivity index (χ4n) is 1.77. The van der Waals surface area contributed by atoms with Crippen LogP contribution in [0.1, 0.15) is 0 Å². The van der Waals surface area contributed by atoms with E-state index in [1.54, 1.807) is 0 Å². The second-order valence-electron chi connectivity index (χ2n) is 4.69. The molecule has 2 rings (SSSR count). The molecule has 0 saturated carbocycles. The summed E-state index contributed by atoms with van der Waals surface area (Å²) in [7, 11) is -3.28. The highest BCUT2D eigenvalue weighted by Gasteiger charge is 2.12. The molecule has 2 aromatic carbocycles. The molecule has 0 aliphatic carbocycles. The first-order valence-corrected chi connectivity index (χ1v) is 9.97. The first-order valence-electron chi connectivity index (χ1n) is 7.01. The summed E-state index contributed by atoms with van der Waals surface area (Å²) >= 11 is 0. The fourth-order valence-corrected chi connectivity index (χ4v) is 3.23. The van der Waals surface area contributed by atoms with Gasteiger partial charge in [-0.05, 0) is 62.6 Å². The van der Waals surface area contributed by atoms with Crippen LogP contribution in [0.15, 0.2) is 58.3 Å². The molecular weight excluding hydrogens is 367 g/mol. The lowest BCUT2D eigenvalue weighted by Crippen LogP contribution is -2.18. The number of hydrogen-bond acceptors (Lipinski definition) is 6. The predicted molar refractivity (Wildman–Crippen MR) is 92.4 cm³/mol. The molecular formula is C14H16BN2O6S2. The number of nitrogens with one attached hydrogen (secondary N) is 2. The van der Waals surface area contributed by atoms with E-state index < -0.39 is 20.0 Å². The molecule has 0 fully saturated rings. The van der Waals surface area contributed by atoms with Gasteiger partial charge in [-0.1, -0.05) is 0 Å². The molecule has 0 atom stereocenters. The van der Waals surface area contributed by atoms with Crippen LogP contribution in [-0.4, -0.2) is 38.6 Å². The molecule has 0 heterocycles. The molecule has 25 heavy (non-hydrogen) atoms. The fraction of sp³-hybridized carbons (Fsp3) is 0.143. The molecule has 133 valence electrons. The van der Waals surface area contributed by atoms with Crippen molar-refractivity contribution in [2.75, 3.05) is 14.1 Å². The molecule has 0 bridgehead atoms. The van der Waals surface area contributed by atoms with Crippen LogP contribution in [-0.2, 0) is 20.0 Å². The molecule has 1 radical (unpaired) electrons. The van der Waals surface area contributed by atoms with E-state index in [1.807, 2.05) is 0 Å². The third-order valence-electron chi connectivity index (χ3n) is 3.17. The SMILES string of the molecule is CNS(=O)(=O)c1ccc(O[B]Oc2ccc(S(=O)(=O)NC)cc2)cc1. The van der Waals surface area contributed by atoms with E-state index >= 15 is 0 Å². The Morgan fingerprint density at radius 1 is 0.680 bits per heavy atom. The van der Waals surface area contributed by atoms with Crippen LogP contribution in [0.3, 0.4) is 0 Å². The molecule has 0 aromatic heterocycles. The van der Waals surface area contributed by atoms with Gasteiger partial charge in [0.1, 0.15) is 11.5 Å². The van der Waals surface area contributed by atoms with Crippen LogP contribution in [0.2, 0.25) is 0 Å². The van der Waals surface area contributed by atoms with Crippen molar-refractivity contribution < 1.29 is 26.1 Å². The highest BCUT2D eigenvalue weighted by molar-refractivity contribution is 7.89. The highest BCUT2D eigenvalue weighted by atomic mass is 32.2.